The molecule has 10 heteroatoms. The van der Waals surface area contributed by atoms with E-state index < -0.39 is 5.97 Å². The number of aromatic nitrogens is 4. The summed E-state index contributed by atoms with van der Waals surface area (Å²) in [6, 6.07) is 5.82. The summed E-state index contributed by atoms with van der Waals surface area (Å²) < 4.78 is 5.77. The van der Waals surface area contributed by atoms with Crippen molar-refractivity contribution in [3.63, 3.8) is 0 Å². The Morgan fingerprint density at radius 3 is 2.54 bits per heavy atom. The molecular weight excluding hydrogens is 513 g/mol. The van der Waals surface area contributed by atoms with Crippen LogP contribution in [0.3, 0.4) is 0 Å². The van der Waals surface area contributed by atoms with Gasteiger partial charge in [-0.25, -0.2) is 9.78 Å². The van der Waals surface area contributed by atoms with Gasteiger partial charge in [-0.05, 0) is 48.8 Å². The third kappa shape index (κ3) is 3.95. The van der Waals surface area contributed by atoms with E-state index in [1.807, 2.05) is 18.2 Å². The molecule has 1 N–H and O–H groups in total. The smallest absolute Gasteiger partial charge is 0.356 e. The van der Waals surface area contributed by atoms with E-state index in [-0.39, 0.29) is 5.69 Å². The lowest BCUT2D eigenvalue weighted by molar-refractivity contribution is 0.0690. The van der Waals surface area contributed by atoms with Gasteiger partial charge in [0, 0.05) is 48.2 Å². The van der Waals surface area contributed by atoms with Crippen molar-refractivity contribution in [2.45, 2.75) is 18.8 Å². The Balaban J connectivity index is 1.09. The molecule has 2 unspecified atom stereocenters. The Morgan fingerprint density at radius 2 is 1.84 bits per heavy atom. The van der Waals surface area contributed by atoms with Gasteiger partial charge in [-0.1, -0.05) is 40.5 Å². The molecule has 3 aliphatic rings. The van der Waals surface area contributed by atoms with Gasteiger partial charge in [-0.3, -0.25) is 9.97 Å². The number of benzene rings is 1. The van der Waals surface area contributed by atoms with Crippen molar-refractivity contribution in [3.8, 4) is 11.3 Å². The zero-order chi connectivity index (χ0) is 25.3. The molecule has 7 rings (SSSR count). The van der Waals surface area contributed by atoms with Gasteiger partial charge in [0.05, 0.1) is 27.3 Å². The van der Waals surface area contributed by atoms with Gasteiger partial charge < -0.3 is 14.5 Å². The minimum Gasteiger partial charge on any atom is -0.476 e. The van der Waals surface area contributed by atoms with Crippen molar-refractivity contribution >= 4 is 52.0 Å². The van der Waals surface area contributed by atoms with E-state index in [1.54, 1.807) is 12.4 Å². The standard InChI is InChI=1S/C27H21Cl2N5O3/c28-19-8-30-9-20(29)24(19)25-16(26(37-33-25)13-1-2-13)5-4-15-17-11-34(12-18(15)17)14-3-6-21-22(7-14)31-10-23(32-21)27(35)36/h3-10,13,15,17-18H,1-2,11-12H2,(H,35,36)/b5-4+. The predicted octanol–water partition coefficient (Wildman–Crippen LogP) is 5.96. The van der Waals surface area contributed by atoms with Crippen LogP contribution in [0.4, 0.5) is 5.69 Å². The average molecular weight is 534 g/mol. The van der Waals surface area contributed by atoms with Gasteiger partial charge in [0.15, 0.2) is 5.69 Å². The van der Waals surface area contributed by atoms with Crippen molar-refractivity contribution in [3.05, 3.63) is 69.9 Å². The highest BCUT2D eigenvalue weighted by molar-refractivity contribution is 6.39. The first-order chi connectivity index (χ1) is 18.0. The van der Waals surface area contributed by atoms with Gasteiger partial charge in [0.25, 0.3) is 0 Å². The molecule has 37 heavy (non-hydrogen) atoms. The van der Waals surface area contributed by atoms with E-state index in [4.69, 9.17) is 32.8 Å². The van der Waals surface area contributed by atoms with Crippen LogP contribution in [-0.2, 0) is 0 Å². The summed E-state index contributed by atoms with van der Waals surface area (Å²) in [5, 5.41) is 14.4. The maximum atomic E-state index is 11.2. The van der Waals surface area contributed by atoms with E-state index in [0.29, 0.717) is 56.0 Å². The highest BCUT2D eigenvalue weighted by atomic mass is 35.5. The zero-order valence-electron chi connectivity index (χ0n) is 19.5. The summed E-state index contributed by atoms with van der Waals surface area (Å²) in [5.74, 6) is 1.88. The van der Waals surface area contributed by atoms with Gasteiger partial charge in [-0.15, -0.1) is 0 Å². The Labute approximate surface area is 221 Å². The number of pyridine rings is 1. The van der Waals surface area contributed by atoms with Crippen LogP contribution >= 0.6 is 23.2 Å². The number of piperidine rings is 1. The summed E-state index contributed by atoms with van der Waals surface area (Å²) in [5.41, 5.74) is 4.61. The number of hydrogen-bond donors (Lipinski definition) is 1. The molecular formula is C27H21Cl2N5O3. The fraction of sp³-hybridized carbons (Fsp3) is 0.296. The van der Waals surface area contributed by atoms with Crippen LogP contribution in [0.1, 0.15) is 40.6 Å². The van der Waals surface area contributed by atoms with Crippen LogP contribution in [-0.4, -0.2) is 44.3 Å². The fourth-order valence-corrected chi connectivity index (χ4v) is 6.05. The molecule has 1 aromatic carbocycles. The number of anilines is 1. The molecule has 2 saturated carbocycles. The summed E-state index contributed by atoms with van der Waals surface area (Å²) in [7, 11) is 0. The van der Waals surface area contributed by atoms with Crippen molar-refractivity contribution < 1.29 is 14.4 Å². The van der Waals surface area contributed by atoms with Gasteiger partial charge in [-0.2, -0.15) is 0 Å². The summed E-state index contributed by atoms with van der Waals surface area (Å²) in [6.45, 7) is 1.92. The number of allylic oxidation sites excluding steroid dienone is 1. The summed E-state index contributed by atoms with van der Waals surface area (Å²) >= 11 is 12.9. The molecule has 1 saturated heterocycles. The zero-order valence-corrected chi connectivity index (χ0v) is 21.0. The van der Waals surface area contributed by atoms with Crippen molar-refractivity contribution in [2.75, 3.05) is 18.0 Å². The van der Waals surface area contributed by atoms with Gasteiger partial charge >= 0.3 is 5.97 Å². The van der Waals surface area contributed by atoms with Crippen LogP contribution in [0.2, 0.25) is 10.0 Å². The average Bonchev–Trinajstić information content (AvgIpc) is 3.75. The summed E-state index contributed by atoms with van der Waals surface area (Å²) in [6.07, 6.45) is 11.1. The van der Waals surface area contributed by atoms with E-state index >= 15 is 0 Å². The molecule has 0 amide bonds. The van der Waals surface area contributed by atoms with E-state index in [2.05, 4.69) is 37.2 Å². The Kier molecular flexibility index (Phi) is 5.23. The number of aromatic carboxylic acids is 1. The molecule has 0 bridgehead atoms. The second-order valence-electron chi connectivity index (χ2n) is 9.96. The molecule has 4 aromatic rings. The highest BCUT2D eigenvalue weighted by Gasteiger charge is 2.54. The quantitative estimate of drug-likeness (QED) is 0.323. The molecule has 4 heterocycles. The molecule has 186 valence electrons. The summed E-state index contributed by atoms with van der Waals surface area (Å²) in [4.78, 5) is 26.0. The highest BCUT2D eigenvalue weighted by Crippen LogP contribution is 2.54. The first kappa shape index (κ1) is 22.7. The lowest BCUT2D eigenvalue weighted by Gasteiger charge is -2.21. The lowest BCUT2D eigenvalue weighted by atomic mass is 10.0. The molecule has 3 fully saturated rings. The van der Waals surface area contributed by atoms with Gasteiger partial charge in [0.2, 0.25) is 0 Å². The second-order valence-corrected chi connectivity index (χ2v) is 10.8. The van der Waals surface area contributed by atoms with Crippen LogP contribution in [0.15, 0.2) is 47.4 Å². The minimum absolute atomic E-state index is 0.0495. The Hall–Kier alpha value is -3.49. The van der Waals surface area contributed by atoms with Crippen LogP contribution in [0, 0.1) is 17.8 Å². The van der Waals surface area contributed by atoms with Crippen LogP contribution in [0.25, 0.3) is 28.4 Å². The third-order valence-electron chi connectivity index (χ3n) is 7.65. The number of halogens is 2. The maximum Gasteiger partial charge on any atom is 0.356 e. The predicted molar refractivity (Wildman–Crippen MR) is 140 cm³/mol. The molecule has 0 radical (unpaired) electrons. The number of fused-ring (bicyclic) bond motifs is 2. The van der Waals surface area contributed by atoms with Crippen molar-refractivity contribution in [2.24, 2.45) is 17.8 Å². The molecule has 0 spiro atoms. The molecule has 8 nitrogen and oxygen atoms in total. The Bertz CT molecular complexity index is 1570. The van der Waals surface area contributed by atoms with Crippen molar-refractivity contribution in [1.82, 2.24) is 20.1 Å². The van der Waals surface area contributed by atoms with E-state index in [0.717, 1.165) is 42.9 Å². The largest absolute Gasteiger partial charge is 0.476 e. The number of nitrogens with zero attached hydrogens (tertiary/aromatic N) is 5. The number of rotatable bonds is 6. The molecule has 3 aromatic heterocycles. The number of carboxylic acid groups (broad SMARTS) is 1. The third-order valence-corrected chi connectivity index (χ3v) is 8.22. The monoisotopic (exact) mass is 533 g/mol. The minimum atomic E-state index is -1.08. The van der Waals surface area contributed by atoms with Crippen LogP contribution < -0.4 is 4.90 Å². The van der Waals surface area contributed by atoms with Crippen molar-refractivity contribution in [1.29, 1.82) is 0 Å². The first-order valence-corrected chi connectivity index (χ1v) is 13.0. The maximum absolute atomic E-state index is 11.2. The van der Waals surface area contributed by atoms with E-state index in [9.17, 15) is 4.79 Å². The normalized spacial score (nSPS) is 22.6. The van der Waals surface area contributed by atoms with E-state index in [1.165, 1.54) is 6.20 Å². The molecule has 2 atom stereocenters. The SMILES string of the molecule is O=C(O)c1cnc2cc(N3CC4C(/C=C/c5c(-c6c(Cl)cncc6Cl)noc5C5CC5)C4C3)ccc2n1. The number of carboxylic acids is 1. The number of carbonyl (C=O) groups is 1. The van der Waals surface area contributed by atoms with Crippen LogP contribution in [0.5, 0.6) is 0 Å². The Morgan fingerprint density at radius 1 is 1.08 bits per heavy atom. The molecule has 2 aliphatic carbocycles. The second kappa shape index (κ2) is 8.53. The van der Waals surface area contributed by atoms with Gasteiger partial charge in [0.1, 0.15) is 11.5 Å². The molecule has 1 aliphatic heterocycles. The number of hydrogen-bond acceptors (Lipinski definition) is 7. The fourth-order valence-electron chi connectivity index (χ4n) is 5.50. The topological polar surface area (TPSA) is 105 Å². The lowest BCUT2D eigenvalue weighted by Crippen LogP contribution is -2.23. The first-order valence-electron chi connectivity index (χ1n) is 12.2.